The zero-order chi connectivity index (χ0) is 14.7. The first kappa shape index (κ1) is 11.7. The van der Waals surface area contributed by atoms with Crippen LogP contribution in [0.1, 0.15) is 10.4 Å². The number of aldehydes is 1. The smallest absolute Gasteiger partial charge is 0.158 e. The third-order valence-electron chi connectivity index (χ3n) is 4.54. The topological polar surface area (TPSA) is 39.8 Å². The highest BCUT2D eigenvalue weighted by Gasteiger charge is 2.26. The molecule has 4 heteroatoms. The SMILES string of the molecule is O=Cc1c2n(c3ccccc13)CCn1c-2nc2ccccc21. The van der Waals surface area contributed by atoms with Gasteiger partial charge in [-0.1, -0.05) is 30.3 Å². The molecule has 22 heavy (non-hydrogen) atoms. The molecule has 0 atom stereocenters. The van der Waals surface area contributed by atoms with Crippen LogP contribution in [-0.4, -0.2) is 20.4 Å². The molecule has 2 aromatic heterocycles. The van der Waals surface area contributed by atoms with Gasteiger partial charge in [-0.25, -0.2) is 4.98 Å². The van der Waals surface area contributed by atoms with Gasteiger partial charge in [0.1, 0.15) is 0 Å². The van der Waals surface area contributed by atoms with E-state index in [-0.39, 0.29) is 0 Å². The lowest BCUT2D eigenvalue weighted by Gasteiger charge is -2.19. The van der Waals surface area contributed by atoms with E-state index in [4.69, 9.17) is 4.98 Å². The maximum Gasteiger partial charge on any atom is 0.158 e. The second-order valence-corrected chi connectivity index (χ2v) is 5.62. The molecular weight excluding hydrogens is 274 g/mol. The lowest BCUT2D eigenvalue weighted by molar-refractivity contribution is 0.112. The largest absolute Gasteiger partial charge is 0.336 e. The van der Waals surface area contributed by atoms with Crippen molar-refractivity contribution in [1.82, 2.24) is 14.1 Å². The number of imidazole rings is 1. The van der Waals surface area contributed by atoms with Crippen molar-refractivity contribution in [2.45, 2.75) is 13.1 Å². The number of aryl methyl sites for hydroxylation is 2. The minimum absolute atomic E-state index is 0.742. The summed E-state index contributed by atoms with van der Waals surface area (Å²) >= 11 is 0. The molecule has 1 aliphatic heterocycles. The number of para-hydroxylation sites is 3. The van der Waals surface area contributed by atoms with Gasteiger partial charge in [-0.2, -0.15) is 0 Å². The summed E-state index contributed by atoms with van der Waals surface area (Å²) in [6, 6.07) is 16.2. The molecule has 0 amide bonds. The van der Waals surface area contributed by atoms with Crippen molar-refractivity contribution in [3.63, 3.8) is 0 Å². The average Bonchev–Trinajstić information content (AvgIpc) is 3.10. The van der Waals surface area contributed by atoms with Gasteiger partial charge >= 0.3 is 0 Å². The molecule has 3 heterocycles. The predicted molar refractivity (Wildman–Crippen MR) is 86.1 cm³/mol. The van der Waals surface area contributed by atoms with Gasteiger partial charge in [-0.15, -0.1) is 0 Å². The minimum atomic E-state index is 0.742. The molecule has 2 aromatic carbocycles. The van der Waals surface area contributed by atoms with Gasteiger partial charge in [0.05, 0.1) is 22.3 Å². The third-order valence-corrected chi connectivity index (χ3v) is 4.54. The Hall–Kier alpha value is -2.88. The molecule has 0 saturated carbocycles. The molecule has 0 saturated heterocycles. The number of rotatable bonds is 1. The molecule has 0 spiro atoms. The zero-order valence-corrected chi connectivity index (χ0v) is 11.9. The van der Waals surface area contributed by atoms with E-state index in [1.807, 2.05) is 36.4 Å². The number of benzene rings is 2. The summed E-state index contributed by atoms with van der Waals surface area (Å²) in [5.41, 5.74) is 4.90. The van der Waals surface area contributed by atoms with E-state index in [1.54, 1.807) is 0 Å². The quantitative estimate of drug-likeness (QED) is 0.503. The molecule has 4 nitrogen and oxygen atoms in total. The second kappa shape index (κ2) is 4.07. The van der Waals surface area contributed by atoms with Crippen LogP contribution in [0.3, 0.4) is 0 Å². The van der Waals surface area contributed by atoms with Crippen LogP contribution >= 0.6 is 0 Å². The van der Waals surface area contributed by atoms with Crippen molar-refractivity contribution in [2.24, 2.45) is 0 Å². The minimum Gasteiger partial charge on any atom is -0.336 e. The molecule has 5 rings (SSSR count). The van der Waals surface area contributed by atoms with Gasteiger partial charge in [0.25, 0.3) is 0 Å². The monoisotopic (exact) mass is 287 g/mol. The van der Waals surface area contributed by atoms with Gasteiger partial charge in [0, 0.05) is 24.0 Å². The van der Waals surface area contributed by atoms with Crippen LogP contribution in [0.2, 0.25) is 0 Å². The van der Waals surface area contributed by atoms with Crippen molar-refractivity contribution in [1.29, 1.82) is 0 Å². The fourth-order valence-electron chi connectivity index (χ4n) is 3.61. The summed E-state index contributed by atoms with van der Waals surface area (Å²) in [7, 11) is 0. The molecule has 1 aliphatic rings. The Bertz CT molecular complexity index is 1060. The summed E-state index contributed by atoms with van der Waals surface area (Å²) in [6.07, 6.45) is 0.961. The summed E-state index contributed by atoms with van der Waals surface area (Å²) < 4.78 is 4.44. The number of fused-ring (bicyclic) bond motifs is 7. The Kier molecular flexibility index (Phi) is 2.17. The van der Waals surface area contributed by atoms with Crippen LogP contribution in [0.4, 0.5) is 0 Å². The van der Waals surface area contributed by atoms with Gasteiger partial charge in [0.2, 0.25) is 0 Å². The number of hydrogen-bond acceptors (Lipinski definition) is 2. The van der Waals surface area contributed by atoms with E-state index < -0.39 is 0 Å². The maximum atomic E-state index is 11.7. The first-order chi connectivity index (χ1) is 10.9. The Balaban J connectivity index is 1.96. The first-order valence-corrected chi connectivity index (χ1v) is 7.40. The number of aromatic nitrogens is 3. The van der Waals surface area contributed by atoms with Crippen molar-refractivity contribution >= 4 is 28.2 Å². The van der Waals surface area contributed by atoms with Gasteiger partial charge < -0.3 is 9.13 Å². The van der Waals surface area contributed by atoms with Gasteiger partial charge in [-0.3, -0.25) is 4.79 Å². The fraction of sp³-hybridized carbons (Fsp3) is 0.111. The summed E-state index contributed by atoms with van der Waals surface area (Å²) in [5.74, 6) is 0.894. The maximum absolute atomic E-state index is 11.7. The molecule has 0 fully saturated rings. The normalized spacial score (nSPS) is 13.3. The predicted octanol–water partition coefficient (Wildman–Crippen LogP) is 3.48. The lowest BCUT2D eigenvalue weighted by atomic mass is 10.1. The lowest BCUT2D eigenvalue weighted by Crippen LogP contribution is -2.16. The van der Waals surface area contributed by atoms with Crippen molar-refractivity contribution < 1.29 is 4.79 Å². The van der Waals surface area contributed by atoms with Gasteiger partial charge in [-0.05, 0) is 18.2 Å². The van der Waals surface area contributed by atoms with Crippen LogP contribution in [0.25, 0.3) is 33.5 Å². The highest BCUT2D eigenvalue weighted by molar-refractivity contribution is 6.05. The summed E-state index contributed by atoms with van der Waals surface area (Å²) in [4.78, 5) is 16.5. The highest BCUT2D eigenvalue weighted by Crippen LogP contribution is 2.36. The molecular formula is C18H13N3O. The van der Waals surface area contributed by atoms with Crippen LogP contribution in [0.5, 0.6) is 0 Å². The molecule has 0 bridgehead atoms. The van der Waals surface area contributed by atoms with Crippen molar-refractivity contribution in [3.8, 4) is 11.5 Å². The average molecular weight is 287 g/mol. The van der Waals surface area contributed by atoms with E-state index in [0.717, 1.165) is 58.4 Å². The number of nitrogens with zero attached hydrogens (tertiary/aromatic N) is 3. The highest BCUT2D eigenvalue weighted by atomic mass is 16.1. The van der Waals surface area contributed by atoms with Crippen molar-refractivity contribution in [3.05, 3.63) is 54.1 Å². The Morgan fingerprint density at radius 2 is 1.64 bits per heavy atom. The Morgan fingerprint density at radius 3 is 2.50 bits per heavy atom. The fourth-order valence-corrected chi connectivity index (χ4v) is 3.61. The summed E-state index contributed by atoms with van der Waals surface area (Å²) in [6.45, 7) is 1.73. The van der Waals surface area contributed by atoms with E-state index in [1.165, 1.54) is 0 Å². The van der Waals surface area contributed by atoms with Crippen LogP contribution in [-0.2, 0) is 13.1 Å². The summed E-state index contributed by atoms with van der Waals surface area (Å²) in [5, 5.41) is 1.01. The van der Waals surface area contributed by atoms with E-state index in [9.17, 15) is 4.79 Å². The Labute approximate surface area is 126 Å². The molecule has 0 radical (unpaired) electrons. The van der Waals surface area contributed by atoms with E-state index in [2.05, 4.69) is 21.3 Å². The molecule has 0 unspecified atom stereocenters. The Morgan fingerprint density at radius 1 is 0.909 bits per heavy atom. The molecule has 4 aromatic rings. The molecule has 0 aliphatic carbocycles. The third kappa shape index (κ3) is 1.32. The van der Waals surface area contributed by atoms with Gasteiger partial charge in [0.15, 0.2) is 12.1 Å². The van der Waals surface area contributed by atoms with E-state index in [0.29, 0.717) is 0 Å². The zero-order valence-electron chi connectivity index (χ0n) is 11.9. The van der Waals surface area contributed by atoms with Crippen LogP contribution in [0, 0.1) is 0 Å². The number of carbonyl (C=O) groups excluding carboxylic acids is 1. The molecule has 0 N–H and O–H groups in total. The number of hydrogen-bond donors (Lipinski definition) is 0. The standard InChI is InChI=1S/C18H13N3O/c22-11-13-12-5-1-3-7-15(12)20-9-10-21-16-8-4-2-6-14(16)19-18(21)17(13)20/h1-8,11H,9-10H2. The second-order valence-electron chi connectivity index (χ2n) is 5.62. The molecule has 106 valence electrons. The van der Waals surface area contributed by atoms with Crippen molar-refractivity contribution in [2.75, 3.05) is 0 Å². The number of carbonyl (C=O) groups is 1. The first-order valence-electron chi connectivity index (χ1n) is 7.40. The van der Waals surface area contributed by atoms with Crippen LogP contribution in [0.15, 0.2) is 48.5 Å². The van der Waals surface area contributed by atoms with E-state index >= 15 is 0 Å². The van der Waals surface area contributed by atoms with Crippen LogP contribution < -0.4 is 0 Å².